The predicted molar refractivity (Wildman–Crippen MR) is 30.8 cm³/mol. The molecule has 0 fully saturated rings. The molecule has 0 rings (SSSR count). The summed E-state index contributed by atoms with van der Waals surface area (Å²) >= 11 is 2.83. The molecule has 1 nitrogen and oxygen atoms in total. The van der Waals surface area contributed by atoms with E-state index in [2.05, 4.69) is 12.5 Å². The van der Waals surface area contributed by atoms with Crippen LogP contribution in [0.3, 0.4) is 0 Å². The smallest absolute Gasteiger partial charge is 0.197 e. The molecular formula is H3GeLiOPS. The monoisotopic (exact) mass is 163 g/mol. The van der Waals surface area contributed by atoms with Gasteiger partial charge in [-0.2, -0.15) is 14.1 Å². The molecule has 0 heterocycles. The molecule has 5 radical (unpaired) electrons. The molecule has 0 saturated heterocycles. The van der Waals surface area contributed by atoms with Gasteiger partial charge in [0.15, 0.2) is 12.5 Å². The van der Waals surface area contributed by atoms with Gasteiger partial charge < -0.3 is 0 Å². The quantitative estimate of drug-likeness (QED) is 0.334. The Morgan fingerprint density at radius 1 is 1.20 bits per heavy atom. The summed E-state index contributed by atoms with van der Waals surface area (Å²) in [6, 6.07) is 0. The zero-order valence-electron chi connectivity index (χ0n) is 3.02. The molecule has 0 aliphatic carbocycles. The van der Waals surface area contributed by atoms with E-state index in [9.17, 15) is 0 Å². The Labute approximate surface area is 63.0 Å². The Morgan fingerprint density at radius 3 is 1.20 bits per heavy atom. The van der Waals surface area contributed by atoms with Crippen LogP contribution in [0.5, 0.6) is 0 Å². The number of hydrogen-bond donors (Lipinski definition) is 0. The second-order valence-corrected chi connectivity index (χ2v) is 0. The molecule has 25 valence electrons. The van der Waals surface area contributed by atoms with Crippen LogP contribution in [-0.4, -0.2) is 40.7 Å². The minimum absolute atomic E-state index is 0. The molecule has 0 aromatic carbocycles. The van der Waals surface area contributed by atoms with Gasteiger partial charge >= 0.3 is 0 Å². The summed E-state index contributed by atoms with van der Waals surface area (Å²) < 4.78 is 7.83. The van der Waals surface area contributed by atoms with Crippen molar-refractivity contribution in [1.29, 1.82) is 0 Å². The molecular weight excluding hydrogens is 159 g/mol. The van der Waals surface area contributed by atoms with Crippen molar-refractivity contribution in [3.63, 3.8) is 0 Å². The van der Waals surface area contributed by atoms with Gasteiger partial charge in [-0.05, 0) is 0 Å². The fourth-order valence-electron chi connectivity index (χ4n) is 0. The second-order valence-electron chi connectivity index (χ2n) is 0. The van der Waals surface area contributed by atoms with E-state index in [0.29, 0.717) is 0 Å². The Balaban J connectivity index is -0.00000000167. The van der Waals surface area contributed by atoms with E-state index in [1.54, 1.807) is 0 Å². The van der Waals surface area contributed by atoms with Crippen LogP contribution in [0.25, 0.3) is 0 Å². The summed E-state index contributed by atoms with van der Waals surface area (Å²) in [6.07, 6.45) is 0. The maximum Gasteiger partial charge on any atom is 0.197 e. The van der Waals surface area contributed by atoms with Gasteiger partial charge in [-0.1, -0.05) is 0 Å². The van der Waals surface area contributed by atoms with E-state index < -0.39 is 0 Å². The minimum Gasteiger partial charge on any atom is -0.197 e. The van der Waals surface area contributed by atoms with Crippen molar-refractivity contribution in [3.05, 3.63) is 0 Å². The fraction of sp³-hybridized carbons (Fsp3) is 0. The Hall–Kier alpha value is 1.59. The first-order valence-corrected chi connectivity index (χ1v) is 0.500. The second kappa shape index (κ2) is 46.6. The van der Waals surface area contributed by atoms with Crippen LogP contribution in [0.15, 0.2) is 0 Å². The maximum atomic E-state index is 7.83. The molecule has 5 heteroatoms. The first kappa shape index (κ1) is 30.7. The fourth-order valence-corrected chi connectivity index (χ4v) is 0. The maximum absolute atomic E-state index is 7.83. The van der Waals surface area contributed by atoms with Gasteiger partial charge in [-0.3, -0.25) is 0 Å². The Bertz CT molecular complexity index is 11.6. The van der Waals surface area contributed by atoms with Crippen LogP contribution in [0.4, 0.5) is 0 Å². The Morgan fingerprint density at radius 2 is 1.20 bits per heavy atom. The van der Waals surface area contributed by atoms with E-state index in [0.717, 1.165) is 0 Å². The summed E-state index contributed by atoms with van der Waals surface area (Å²) in [5.74, 6) is 0. The normalized spacial score (nSPS) is 0.800. The van der Waals surface area contributed by atoms with Crippen LogP contribution in [0, 0.1) is 0 Å². The molecule has 0 amide bonds. The van der Waals surface area contributed by atoms with Gasteiger partial charge in [0.2, 0.25) is 0 Å². The third kappa shape index (κ3) is 28.5. The molecule has 0 bridgehead atoms. The van der Waals surface area contributed by atoms with E-state index in [-0.39, 0.29) is 46.4 Å². The van der Waals surface area contributed by atoms with Crippen molar-refractivity contribution in [1.82, 2.24) is 0 Å². The van der Waals surface area contributed by atoms with Crippen molar-refractivity contribution < 1.29 is 4.21 Å². The topological polar surface area (TPSA) is 17.1 Å². The van der Waals surface area contributed by atoms with Crippen molar-refractivity contribution >= 4 is 58.9 Å². The summed E-state index contributed by atoms with van der Waals surface area (Å²) in [6.45, 7) is 0. The SMILES string of the molecule is O=S.P.[Ge].[Li]. The van der Waals surface area contributed by atoms with Gasteiger partial charge in [-0.15, -0.1) is 0 Å². The molecule has 1 atom stereocenters. The molecule has 0 saturated carbocycles. The molecule has 0 aromatic rings. The van der Waals surface area contributed by atoms with Gasteiger partial charge in [0.25, 0.3) is 0 Å². The minimum atomic E-state index is 0. The van der Waals surface area contributed by atoms with E-state index in [1.165, 1.54) is 0 Å². The summed E-state index contributed by atoms with van der Waals surface area (Å²) in [5, 5.41) is 0. The van der Waals surface area contributed by atoms with E-state index >= 15 is 0 Å². The third-order valence-corrected chi connectivity index (χ3v) is 0. The van der Waals surface area contributed by atoms with Crippen LogP contribution in [-0.2, 0) is 12.5 Å². The van der Waals surface area contributed by atoms with Crippen LogP contribution < -0.4 is 0 Å². The summed E-state index contributed by atoms with van der Waals surface area (Å²) in [4.78, 5) is 0. The summed E-state index contributed by atoms with van der Waals surface area (Å²) in [7, 11) is 0. The van der Waals surface area contributed by atoms with Crippen molar-refractivity contribution in [2.24, 2.45) is 0 Å². The van der Waals surface area contributed by atoms with Gasteiger partial charge in [0, 0.05) is 36.5 Å². The largest absolute Gasteiger partial charge is 0.197 e. The molecule has 0 aliphatic rings. The van der Waals surface area contributed by atoms with Crippen molar-refractivity contribution in [3.8, 4) is 0 Å². The van der Waals surface area contributed by atoms with Crippen LogP contribution >= 0.6 is 9.90 Å². The van der Waals surface area contributed by atoms with Crippen LogP contribution in [0.1, 0.15) is 0 Å². The number of rotatable bonds is 0. The molecule has 0 spiro atoms. The first-order valence-electron chi connectivity index (χ1n) is 0.167. The number of hydrogen-bond acceptors (Lipinski definition) is 2. The zero-order chi connectivity index (χ0) is 2.00. The van der Waals surface area contributed by atoms with Crippen LogP contribution in [0.2, 0.25) is 0 Å². The zero-order valence-corrected chi connectivity index (χ0v) is 7.35. The molecule has 5 heavy (non-hydrogen) atoms. The van der Waals surface area contributed by atoms with E-state index in [1.807, 2.05) is 0 Å². The predicted octanol–water partition coefficient (Wildman–Crippen LogP) is -1.04. The molecule has 0 aromatic heterocycles. The average molecular weight is 162 g/mol. The molecule has 0 aliphatic heterocycles. The van der Waals surface area contributed by atoms with Gasteiger partial charge in [0.1, 0.15) is 0 Å². The van der Waals surface area contributed by atoms with E-state index in [4.69, 9.17) is 4.21 Å². The molecule has 1 unspecified atom stereocenters. The third-order valence-electron chi connectivity index (χ3n) is 0. The van der Waals surface area contributed by atoms with Gasteiger partial charge in [-0.25, -0.2) is 0 Å². The Kier molecular flexibility index (Phi) is 286. The molecule has 0 N–H and O–H groups in total. The van der Waals surface area contributed by atoms with Gasteiger partial charge in [0.05, 0.1) is 0 Å². The van der Waals surface area contributed by atoms with Crippen molar-refractivity contribution in [2.45, 2.75) is 0 Å². The first-order chi connectivity index (χ1) is 1.00. The van der Waals surface area contributed by atoms with Crippen molar-refractivity contribution in [2.75, 3.05) is 0 Å². The standard InChI is InChI=1S/Ge.Li.OS.H3P/c;;1-2;/h;;;1H3. The average Bonchev–Trinajstić information content (AvgIpc) is 1.00. The summed E-state index contributed by atoms with van der Waals surface area (Å²) in [5.41, 5.74) is 0.